The molecule has 3 rings (SSSR count). The first-order valence-electron chi connectivity index (χ1n) is 10.1. The van der Waals surface area contributed by atoms with Crippen molar-refractivity contribution in [1.82, 2.24) is 14.8 Å². The molecule has 0 aliphatic heterocycles. The van der Waals surface area contributed by atoms with Gasteiger partial charge in [-0.25, -0.2) is 4.79 Å². The van der Waals surface area contributed by atoms with Gasteiger partial charge in [0.05, 0.1) is 28.5 Å². The van der Waals surface area contributed by atoms with Gasteiger partial charge in [0, 0.05) is 16.7 Å². The maximum atomic E-state index is 12.5. The highest BCUT2D eigenvalue weighted by molar-refractivity contribution is 9.10. The third-order valence-electron chi connectivity index (χ3n) is 4.47. The molecule has 0 spiro atoms. The highest BCUT2D eigenvalue weighted by Gasteiger charge is 2.18. The molecule has 0 radical (unpaired) electrons. The lowest BCUT2D eigenvalue weighted by atomic mass is 10.2. The molecule has 0 fully saturated rings. The van der Waals surface area contributed by atoms with Gasteiger partial charge in [-0.1, -0.05) is 46.2 Å². The number of carbonyl (C=O) groups excluding carboxylic acids is 2. The van der Waals surface area contributed by atoms with Crippen molar-refractivity contribution in [3.8, 4) is 17.1 Å². The SMILES string of the molecule is CCCOC(=O)c1cc(NC(=O)CSc2nnc(-c3cc(Br)ccc3O)n2CC)ccc1Cl. The van der Waals surface area contributed by atoms with E-state index in [9.17, 15) is 14.7 Å². The molecule has 33 heavy (non-hydrogen) atoms. The Hall–Kier alpha value is -2.56. The number of ether oxygens (including phenoxy) is 1. The molecule has 0 atom stereocenters. The summed E-state index contributed by atoms with van der Waals surface area (Å²) in [6.45, 7) is 4.67. The van der Waals surface area contributed by atoms with Crippen LogP contribution in [0, 0.1) is 0 Å². The van der Waals surface area contributed by atoms with Crippen LogP contribution in [0.3, 0.4) is 0 Å². The van der Waals surface area contributed by atoms with Gasteiger partial charge in [0.15, 0.2) is 11.0 Å². The fraction of sp³-hybridized carbons (Fsp3) is 0.273. The standard InChI is InChI=1S/C22H22BrClN4O4S/c1-3-9-32-21(31)15-11-14(6-7-17(15)24)25-19(30)12-33-22-27-26-20(28(22)4-2)16-10-13(23)5-8-18(16)29/h5-8,10-11,29H,3-4,9,12H2,1-2H3,(H,25,30). The Labute approximate surface area is 208 Å². The Balaban J connectivity index is 1.69. The number of phenolic OH excluding ortho intramolecular Hbond substituents is 1. The minimum Gasteiger partial charge on any atom is -0.507 e. The van der Waals surface area contributed by atoms with Crippen LogP contribution in [0.4, 0.5) is 5.69 Å². The van der Waals surface area contributed by atoms with Crippen molar-refractivity contribution in [3.05, 3.63) is 51.5 Å². The van der Waals surface area contributed by atoms with Gasteiger partial charge in [-0.2, -0.15) is 0 Å². The molecule has 0 aliphatic carbocycles. The van der Waals surface area contributed by atoms with E-state index in [-0.39, 0.29) is 28.0 Å². The Morgan fingerprint density at radius 1 is 1.21 bits per heavy atom. The molecule has 0 bridgehead atoms. The number of anilines is 1. The minimum absolute atomic E-state index is 0.0703. The van der Waals surface area contributed by atoms with E-state index in [4.69, 9.17) is 16.3 Å². The first-order valence-corrected chi connectivity index (χ1v) is 12.3. The van der Waals surface area contributed by atoms with E-state index >= 15 is 0 Å². The average molecular weight is 554 g/mol. The third kappa shape index (κ3) is 6.27. The summed E-state index contributed by atoms with van der Waals surface area (Å²) in [6.07, 6.45) is 0.697. The molecule has 0 saturated heterocycles. The molecule has 1 amide bonds. The number of nitrogens with one attached hydrogen (secondary N) is 1. The van der Waals surface area contributed by atoms with Crippen LogP contribution in [0.15, 0.2) is 46.0 Å². The van der Waals surface area contributed by atoms with E-state index < -0.39 is 5.97 Å². The zero-order valence-corrected chi connectivity index (χ0v) is 21.1. The summed E-state index contributed by atoms with van der Waals surface area (Å²) in [7, 11) is 0. The number of halogens is 2. The summed E-state index contributed by atoms with van der Waals surface area (Å²) in [5.41, 5.74) is 1.17. The maximum Gasteiger partial charge on any atom is 0.339 e. The van der Waals surface area contributed by atoms with Crippen molar-refractivity contribution in [2.75, 3.05) is 17.7 Å². The Morgan fingerprint density at radius 3 is 2.73 bits per heavy atom. The lowest BCUT2D eigenvalue weighted by molar-refractivity contribution is -0.113. The smallest absolute Gasteiger partial charge is 0.339 e. The predicted octanol–water partition coefficient (Wildman–Crippen LogP) is 5.38. The van der Waals surface area contributed by atoms with Crippen LogP contribution in [0.25, 0.3) is 11.4 Å². The van der Waals surface area contributed by atoms with Crippen molar-refractivity contribution in [2.24, 2.45) is 0 Å². The topological polar surface area (TPSA) is 106 Å². The molecule has 2 N–H and O–H groups in total. The summed E-state index contributed by atoms with van der Waals surface area (Å²) in [5.74, 6) is -0.155. The van der Waals surface area contributed by atoms with E-state index in [0.29, 0.717) is 41.8 Å². The van der Waals surface area contributed by atoms with Crippen molar-refractivity contribution >= 4 is 56.9 Å². The molecular formula is C22H22BrClN4O4S. The number of carbonyl (C=O) groups is 2. The van der Waals surface area contributed by atoms with Crippen molar-refractivity contribution in [1.29, 1.82) is 0 Å². The number of phenols is 1. The van der Waals surface area contributed by atoms with Gasteiger partial charge in [0.1, 0.15) is 5.75 Å². The molecule has 3 aromatic rings. The second-order valence-electron chi connectivity index (χ2n) is 6.88. The lowest BCUT2D eigenvalue weighted by Gasteiger charge is -2.10. The summed E-state index contributed by atoms with van der Waals surface area (Å²) < 4.78 is 7.75. The number of aromatic nitrogens is 3. The number of amides is 1. The van der Waals surface area contributed by atoms with Crippen LogP contribution in [0.5, 0.6) is 5.75 Å². The van der Waals surface area contributed by atoms with E-state index in [2.05, 4.69) is 31.4 Å². The van der Waals surface area contributed by atoms with E-state index in [1.165, 1.54) is 23.9 Å². The zero-order chi connectivity index (χ0) is 24.0. The van der Waals surface area contributed by atoms with Crippen molar-refractivity contribution in [2.45, 2.75) is 32.0 Å². The Bertz CT molecular complexity index is 1170. The van der Waals surface area contributed by atoms with E-state index in [1.807, 2.05) is 18.4 Å². The molecule has 0 aliphatic rings. The maximum absolute atomic E-state index is 12.5. The number of rotatable bonds is 9. The largest absolute Gasteiger partial charge is 0.507 e. The molecule has 11 heteroatoms. The molecule has 0 unspecified atom stereocenters. The number of nitrogens with zero attached hydrogens (tertiary/aromatic N) is 3. The number of thioether (sulfide) groups is 1. The third-order valence-corrected chi connectivity index (χ3v) is 6.26. The Kier molecular flexibility index (Phi) is 8.76. The number of esters is 1. The van der Waals surface area contributed by atoms with Crippen LogP contribution < -0.4 is 5.32 Å². The molecule has 174 valence electrons. The summed E-state index contributed by atoms with van der Waals surface area (Å²) in [6, 6.07) is 9.72. The van der Waals surface area contributed by atoms with E-state index in [1.54, 1.807) is 24.3 Å². The summed E-state index contributed by atoms with van der Waals surface area (Å²) in [4.78, 5) is 24.7. The molecule has 8 nitrogen and oxygen atoms in total. The fourth-order valence-corrected chi connectivity index (χ4v) is 4.28. The van der Waals surface area contributed by atoms with Crippen LogP contribution in [-0.4, -0.2) is 44.1 Å². The highest BCUT2D eigenvalue weighted by Crippen LogP contribution is 2.32. The normalized spacial score (nSPS) is 10.8. The van der Waals surface area contributed by atoms with Gasteiger partial charge in [0.25, 0.3) is 0 Å². The van der Waals surface area contributed by atoms with Gasteiger partial charge in [-0.05, 0) is 49.7 Å². The van der Waals surface area contributed by atoms with Crippen molar-refractivity contribution in [3.63, 3.8) is 0 Å². The summed E-state index contributed by atoms with van der Waals surface area (Å²) in [5, 5.41) is 22.1. The number of hydrogen-bond acceptors (Lipinski definition) is 7. The van der Waals surface area contributed by atoms with Crippen molar-refractivity contribution < 1.29 is 19.4 Å². The first-order chi connectivity index (χ1) is 15.8. The van der Waals surface area contributed by atoms with Gasteiger partial charge in [-0.3, -0.25) is 4.79 Å². The molecule has 1 aromatic heterocycles. The average Bonchev–Trinajstić information content (AvgIpc) is 3.21. The minimum atomic E-state index is -0.535. The van der Waals surface area contributed by atoms with Crippen LogP contribution >= 0.6 is 39.3 Å². The predicted molar refractivity (Wildman–Crippen MR) is 132 cm³/mol. The van der Waals surface area contributed by atoms with Crippen LogP contribution in [0.2, 0.25) is 5.02 Å². The van der Waals surface area contributed by atoms with Gasteiger partial charge in [0.2, 0.25) is 5.91 Å². The molecular weight excluding hydrogens is 532 g/mol. The molecule has 0 saturated carbocycles. The number of benzene rings is 2. The summed E-state index contributed by atoms with van der Waals surface area (Å²) >= 11 is 10.7. The van der Waals surface area contributed by atoms with Crippen LogP contribution in [0.1, 0.15) is 30.6 Å². The lowest BCUT2D eigenvalue weighted by Crippen LogP contribution is -2.15. The molecule has 2 aromatic carbocycles. The quantitative estimate of drug-likeness (QED) is 0.270. The highest BCUT2D eigenvalue weighted by atomic mass is 79.9. The molecule has 1 heterocycles. The second-order valence-corrected chi connectivity index (χ2v) is 9.14. The fourth-order valence-electron chi connectivity index (χ4n) is 2.93. The van der Waals surface area contributed by atoms with Crippen LogP contribution in [-0.2, 0) is 16.1 Å². The first kappa shape index (κ1) is 25.1. The monoisotopic (exact) mass is 552 g/mol. The Morgan fingerprint density at radius 2 is 2.00 bits per heavy atom. The number of aromatic hydroxyl groups is 1. The second kappa shape index (κ2) is 11.5. The number of hydrogen-bond donors (Lipinski definition) is 2. The zero-order valence-electron chi connectivity index (χ0n) is 18.0. The van der Waals surface area contributed by atoms with Gasteiger partial charge >= 0.3 is 5.97 Å². The van der Waals surface area contributed by atoms with Gasteiger partial charge < -0.3 is 19.7 Å². The van der Waals surface area contributed by atoms with Gasteiger partial charge in [-0.15, -0.1) is 10.2 Å². The van der Waals surface area contributed by atoms with E-state index in [0.717, 1.165) is 4.47 Å².